The molecule has 2 heterocycles. The number of anilines is 1. The molecule has 0 bridgehead atoms. The van der Waals surface area contributed by atoms with Crippen molar-refractivity contribution in [2.75, 3.05) is 16.8 Å². The number of nitrogens with one attached hydrogen (secondary N) is 1. The average molecular weight is 273 g/mol. The van der Waals surface area contributed by atoms with Crippen LogP contribution in [0.4, 0.5) is 5.82 Å². The quantitative estimate of drug-likeness (QED) is 0.892. The summed E-state index contributed by atoms with van der Waals surface area (Å²) in [7, 11) is -2.89. The number of hydrogen-bond donors (Lipinski definition) is 1. The lowest BCUT2D eigenvalue weighted by Crippen LogP contribution is -2.46. The zero-order valence-electron chi connectivity index (χ0n) is 10.00. The lowest BCUT2D eigenvalue weighted by atomic mass is 10.1. The van der Waals surface area contributed by atoms with E-state index >= 15 is 0 Å². The second-order valence-electron chi connectivity index (χ2n) is 4.61. The fraction of sp³-hybridized carbons (Fsp3) is 0.231. The minimum atomic E-state index is -2.89. The molecule has 2 aromatic rings. The van der Waals surface area contributed by atoms with E-state index in [0.29, 0.717) is 11.4 Å². The van der Waals surface area contributed by atoms with Crippen molar-refractivity contribution in [2.45, 2.75) is 6.04 Å². The number of nitriles is 1. The molecular weight excluding hydrogens is 262 g/mol. The Bertz CT molecular complexity index is 781. The first-order valence-electron chi connectivity index (χ1n) is 5.84. The summed E-state index contributed by atoms with van der Waals surface area (Å²) in [4.78, 5) is 4.39. The van der Waals surface area contributed by atoms with E-state index in [1.807, 2.05) is 24.3 Å². The van der Waals surface area contributed by atoms with Crippen LogP contribution in [-0.4, -0.2) is 30.9 Å². The summed E-state index contributed by atoms with van der Waals surface area (Å²) in [6.07, 6.45) is 0. The summed E-state index contributed by atoms with van der Waals surface area (Å²) in [5, 5.41) is 13.1. The predicted molar refractivity (Wildman–Crippen MR) is 72.5 cm³/mol. The van der Waals surface area contributed by atoms with E-state index in [0.717, 1.165) is 10.9 Å². The molecule has 6 heteroatoms. The largest absolute Gasteiger partial charge is 0.364 e. The standard InChI is InChI=1S/C13H11N3O2S/c14-6-10-5-9-3-1-2-4-12(9)16-13(10)15-11-7-19(17,18)8-11/h1-5,11H,7-8H2,(H,15,16). The molecule has 19 heavy (non-hydrogen) atoms. The Kier molecular flexibility index (Phi) is 2.64. The van der Waals surface area contributed by atoms with E-state index in [1.54, 1.807) is 6.07 Å². The maximum Gasteiger partial charge on any atom is 0.154 e. The summed E-state index contributed by atoms with van der Waals surface area (Å²) in [5.41, 5.74) is 1.22. The number of aromatic nitrogens is 1. The van der Waals surface area contributed by atoms with E-state index in [2.05, 4.69) is 16.4 Å². The van der Waals surface area contributed by atoms with Gasteiger partial charge in [-0.3, -0.25) is 0 Å². The Hall–Kier alpha value is -2.13. The van der Waals surface area contributed by atoms with Gasteiger partial charge in [-0.1, -0.05) is 18.2 Å². The second-order valence-corrected chi connectivity index (χ2v) is 6.76. The molecule has 1 aromatic heterocycles. The van der Waals surface area contributed by atoms with Gasteiger partial charge in [0.1, 0.15) is 11.9 Å². The number of sulfone groups is 1. The molecule has 0 spiro atoms. The second kappa shape index (κ2) is 4.21. The fourth-order valence-corrected chi connectivity index (χ4v) is 3.45. The van der Waals surface area contributed by atoms with Crippen molar-refractivity contribution in [3.05, 3.63) is 35.9 Å². The predicted octanol–water partition coefficient (Wildman–Crippen LogP) is 1.32. The summed E-state index contributed by atoms with van der Waals surface area (Å²) in [5.74, 6) is 0.666. The molecule has 1 aliphatic heterocycles. The molecule has 1 fully saturated rings. The van der Waals surface area contributed by atoms with Crippen LogP contribution in [0.15, 0.2) is 30.3 Å². The summed E-state index contributed by atoms with van der Waals surface area (Å²) in [6, 6.07) is 11.2. The maximum absolute atomic E-state index is 11.1. The Labute approximate surface area is 110 Å². The van der Waals surface area contributed by atoms with Crippen molar-refractivity contribution >= 4 is 26.6 Å². The van der Waals surface area contributed by atoms with Gasteiger partial charge in [-0.05, 0) is 12.1 Å². The van der Waals surface area contributed by atoms with Crippen molar-refractivity contribution in [1.82, 2.24) is 4.98 Å². The van der Waals surface area contributed by atoms with Crippen molar-refractivity contribution < 1.29 is 8.42 Å². The van der Waals surface area contributed by atoms with Crippen LogP contribution >= 0.6 is 0 Å². The molecule has 96 valence electrons. The Morgan fingerprint density at radius 3 is 2.74 bits per heavy atom. The number of rotatable bonds is 2. The molecule has 0 saturated carbocycles. The van der Waals surface area contributed by atoms with Gasteiger partial charge in [0, 0.05) is 5.39 Å². The van der Waals surface area contributed by atoms with Gasteiger partial charge >= 0.3 is 0 Å². The van der Waals surface area contributed by atoms with Crippen molar-refractivity contribution in [2.24, 2.45) is 0 Å². The van der Waals surface area contributed by atoms with E-state index in [-0.39, 0.29) is 17.5 Å². The highest BCUT2D eigenvalue weighted by Crippen LogP contribution is 2.22. The van der Waals surface area contributed by atoms with Crippen LogP contribution < -0.4 is 5.32 Å². The van der Waals surface area contributed by atoms with E-state index in [9.17, 15) is 8.42 Å². The van der Waals surface area contributed by atoms with E-state index in [1.165, 1.54) is 0 Å². The molecule has 3 rings (SSSR count). The molecule has 0 radical (unpaired) electrons. The number of pyridine rings is 1. The van der Waals surface area contributed by atoms with Crippen molar-refractivity contribution in [3.8, 4) is 6.07 Å². The highest BCUT2D eigenvalue weighted by atomic mass is 32.2. The SMILES string of the molecule is N#Cc1cc2ccccc2nc1NC1CS(=O)(=O)C1. The van der Waals surface area contributed by atoms with Crippen LogP contribution in [-0.2, 0) is 9.84 Å². The molecule has 1 N–H and O–H groups in total. The van der Waals surface area contributed by atoms with Crippen LogP contribution in [0.1, 0.15) is 5.56 Å². The number of benzene rings is 1. The van der Waals surface area contributed by atoms with Crippen LogP contribution in [0.5, 0.6) is 0 Å². The average Bonchev–Trinajstić information content (AvgIpc) is 2.35. The third-order valence-electron chi connectivity index (χ3n) is 3.10. The number of nitrogens with zero attached hydrogens (tertiary/aromatic N) is 2. The number of hydrogen-bond acceptors (Lipinski definition) is 5. The first-order valence-corrected chi connectivity index (χ1v) is 7.66. The summed E-state index contributed by atoms with van der Waals surface area (Å²) in [6.45, 7) is 0. The van der Waals surface area contributed by atoms with Gasteiger partial charge in [0.2, 0.25) is 0 Å². The van der Waals surface area contributed by atoms with Crippen LogP contribution in [0.2, 0.25) is 0 Å². The molecule has 1 aliphatic rings. The topological polar surface area (TPSA) is 82.8 Å². The van der Waals surface area contributed by atoms with Gasteiger partial charge in [-0.2, -0.15) is 5.26 Å². The van der Waals surface area contributed by atoms with Gasteiger partial charge in [-0.15, -0.1) is 0 Å². The third kappa shape index (κ3) is 2.25. The third-order valence-corrected chi connectivity index (χ3v) is 4.92. The first kappa shape index (κ1) is 11.9. The van der Waals surface area contributed by atoms with Crippen LogP contribution in [0.3, 0.4) is 0 Å². The van der Waals surface area contributed by atoms with Gasteiger partial charge < -0.3 is 5.32 Å². The molecule has 0 amide bonds. The lowest BCUT2D eigenvalue weighted by Gasteiger charge is -2.27. The first-order chi connectivity index (χ1) is 9.07. The molecular formula is C13H11N3O2S. The monoisotopic (exact) mass is 273 g/mol. The molecule has 0 unspecified atom stereocenters. The molecule has 1 aromatic carbocycles. The molecule has 1 saturated heterocycles. The molecule has 0 atom stereocenters. The van der Waals surface area contributed by atoms with Gasteiger partial charge in [0.25, 0.3) is 0 Å². The summed E-state index contributed by atoms with van der Waals surface area (Å²) >= 11 is 0. The van der Waals surface area contributed by atoms with Crippen LogP contribution in [0, 0.1) is 11.3 Å². The fourth-order valence-electron chi connectivity index (χ4n) is 2.15. The summed E-state index contributed by atoms with van der Waals surface area (Å²) < 4.78 is 22.3. The van der Waals surface area contributed by atoms with E-state index < -0.39 is 9.84 Å². The zero-order valence-corrected chi connectivity index (χ0v) is 10.8. The smallest absolute Gasteiger partial charge is 0.154 e. The van der Waals surface area contributed by atoms with Crippen molar-refractivity contribution in [1.29, 1.82) is 5.26 Å². The number of para-hydroxylation sites is 1. The zero-order chi connectivity index (χ0) is 13.5. The maximum atomic E-state index is 11.1. The van der Waals surface area contributed by atoms with Crippen LogP contribution in [0.25, 0.3) is 10.9 Å². The Morgan fingerprint density at radius 1 is 1.32 bits per heavy atom. The Morgan fingerprint density at radius 2 is 2.05 bits per heavy atom. The highest BCUT2D eigenvalue weighted by molar-refractivity contribution is 7.92. The molecule has 5 nitrogen and oxygen atoms in total. The van der Waals surface area contributed by atoms with Gasteiger partial charge in [0.15, 0.2) is 9.84 Å². The Balaban J connectivity index is 1.96. The molecule has 0 aliphatic carbocycles. The van der Waals surface area contributed by atoms with E-state index in [4.69, 9.17) is 5.26 Å². The highest BCUT2D eigenvalue weighted by Gasteiger charge is 2.33. The normalized spacial score (nSPS) is 17.6. The van der Waals surface area contributed by atoms with Gasteiger partial charge in [0.05, 0.1) is 28.6 Å². The van der Waals surface area contributed by atoms with Crippen molar-refractivity contribution in [3.63, 3.8) is 0 Å². The van der Waals surface area contributed by atoms with Gasteiger partial charge in [-0.25, -0.2) is 13.4 Å². The minimum Gasteiger partial charge on any atom is -0.364 e. The minimum absolute atomic E-state index is 0.104. The number of fused-ring (bicyclic) bond motifs is 1. The lowest BCUT2D eigenvalue weighted by molar-refractivity contribution is 0.570.